The van der Waals surface area contributed by atoms with Gasteiger partial charge in [-0.1, -0.05) is 91.3 Å². The smallest absolute Gasteiger partial charge is 0.0903 e. The normalized spacial score (nSPS) is 13.0. The Kier molecular flexibility index (Phi) is 27.1. The molecule has 0 saturated heterocycles. The number of rotatable bonds is 24. The van der Waals surface area contributed by atoms with Crippen LogP contribution in [0.25, 0.3) is 0 Å². The van der Waals surface area contributed by atoms with E-state index in [1.165, 1.54) is 70.6 Å². The van der Waals surface area contributed by atoms with Crippen molar-refractivity contribution in [2.75, 3.05) is 45.4 Å². The Morgan fingerprint density at radius 3 is 2.17 bits per heavy atom. The molecule has 0 fully saturated rings. The van der Waals surface area contributed by atoms with Crippen molar-refractivity contribution in [1.82, 2.24) is 5.32 Å². The Labute approximate surface area is 196 Å². The van der Waals surface area contributed by atoms with E-state index in [4.69, 9.17) is 9.47 Å². The molecule has 178 valence electrons. The minimum atomic E-state index is 0.210. The van der Waals surface area contributed by atoms with Crippen LogP contribution in [-0.4, -0.2) is 51.5 Å². The van der Waals surface area contributed by atoms with Gasteiger partial charge in [0.25, 0.3) is 0 Å². The molecule has 30 heavy (non-hydrogen) atoms. The monoisotopic (exact) mass is 459 g/mol. The van der Waals surface area contributed by atoms with Crippen molar-refractivity contribution in [2.45, 2.75) is 90.1 Å². The van der Waals surface area contributed by atoms with Crippen molar-refractivity contribution in [3.05, 3.63) is 24.3 Å². The maximum Gasteiger partial charge on any atom is 0.0903 e. The molecule has 0 bridgehead atoms. The van der Waals surface area contributed by atoms with Crippen molar-refractivity contribution >= 4 is 21.6 Å². The minimum Gasteiger partial charge on any atom is -0.379 e. The van der Waals surface area contributed by atoms with Gasteiger partial charge in [-0.25, -0.2) is 0 Å². The first-order chi connectivity index (χ1) is 14.8. The molecule has 1 unspecified atom stereocenters. The van der Waals surface area contributed by atoms with Crippen molar-refractivity contribution in [2.24, 2.45) is 0 Å². The Morgan fingerprint density at radius 2 is 1.50 bits per heavy atom. The second-order valence-electron chi connectivity index (χ2n) is 7.73. The van der Waals surface area contributed by atoms with Crippen LogP contribution in [0.2, 0.25) is 0 Å². The summed E-state index contributed by atoms with van der Waals surface area (Å²) in [4.78, 5) is 0. The molecule has 0 radical (unpaired) electrons. The van der Waals surface area contributed by atoms with Crippen molar-refractivity contribution < 1.29 is 9.47 Å². The zero-order valence-corrected chi connectivity index (χ0v) is 21.7. The molecule has 1 atom stereocenters. The van der Waals surface area contributed by atoms with E-state index in [-0.39, 0.29) is 6.10 Å². The standard InChI is InChI=1S/C25H49NO2S2/c1-4-5-6-7-8-9-10-11-12-13-14-15-16-17-18-19-21-28-23-25(27-3)24-30-29-22-20-26-2/h8-9,11-12,25-26H,4-7,10,13-24H2,1-3H3/b9-8-,12-11-. The van der Waals surface area contributed by atoms with Crippen LogP contribution < -0.4 is 5.32 Å². The SMILES string of the molecule is CCCCC/C=C\C/C=C\CCCCCCCCOCC(CSSCCNC)OC. The predicted octanol–water partition coefficient (Wildman–Crippen LogP) is 7.43. The van der Waals surface area contributed by atoms with Gasteiger partial charge in [-0.15, -0.1) is 0 Å². The molecule has 0 aliphatic heterocycles. The second kappa shape index (κ2) is 27.1. The molecule has 0 aliphatic carbocycles. The van der Waals surface area contributed by atoms with Crippen molar-refractivity contribution in [3.63, 3.8) is 0 Å². The lowest BCUT2D eigenvalue weighted by atomic mass is 10.1. The summed E-state index contributed by atoms with van der Waals surface area (Å²) in [5.74, 6) is 2.12. The maximum absolute atomic E-state index is 5.81. The van der Waals surface area contributed by atoms with Crippen LogP contribution in [0.15, 0.2) is 24.3 Å². The summed E-state index contributed by atoms with van der Waals surface area (Å²) >= 11 is 0. The summed E-state index contributed by atoms with van der Waals surface area (Å²) in [6.07, 6.45) is 24.9. The maximum atomic E-state index is 5.81. The Hall–Kier alpha value is 0.0600. The summed E-state index contributed by atoms with van der Waals surface area (Å²) in [5.41, 5.74) is 0. The molecule has 3 nitrogen and oxygen atoms in total. The van der Waals surface area contributed by atoms with Crippen LogP contribution >= 0.6 is 21.6 Å². The Balaban J connectivity index is 3.30. The topological polar surface area (TPSA) is 30.5 Å². The van der Waals surface area contributed by atoms with Gasteiger partial charge in [0.1, 0.15) is 0 Å². The number of methoxy groups -OCH3 is 1. The summed E-state index contributed by atoms with van der Waals surface area (Å²) in [5, 5.41) is 3.16. The van der Waals surface area contributed by atoms with Gasteiger partial charge in [-0.3, -0.25) is 0 Å². The van der Waals surface area contributed by atoms with E-state index in [1.807, 2.05) is 28.6 Å². The molecule has 1 N–H and O–H groups in total. The first kappa shape index (κ1) is 30.1. The van der Waals surface area contributed by atoms with Gasteiger partial charge in [0.05, 0.1) is 12.7 Å². The van der Waals surface area contributed by atoms with E-state index in [0.29, 0.717) is 0 Å². The van der Waals surface area contributed by atoms with Crippen LogP contribution in [0.1, 0.15) is 84.0 Å². The summed E-state index contributed by atoms with van der Waals surface area (Å²) in [6, 6.07) is 0. The quantitative estimate of drug-likeness (QED) is 0.0921. The zero-order chi connectivity index (χ0) is 22.0. The molecule has 0 aromatic rings. The van der Waals surface area contributed by atoms with Crippen LogP contribution in [0.4, 0.5) is 0 Å². The lowest BCUT2D eigenvalue weighted by molar-refractivity contribution is 0.0200. The number of unbranched alkanes of at least 4 members (excludes halogenated alkanes) is 9. The molecule has 0 saturated carbocycles. The fourth-order valence-electron chi connectivity index (χ4n) is 2.92. The molecule has 0 spiro atoms. The molecule has 0 rings (SSSR count). The number of allylic oxidation sites excluding steroid dienone is 4. The van der Waals surface area contributed by atoms with Crippen LogP contribution in [-0.2, 0) is 9.47 Å². The van der Waals surface area contributed by atoms with Gasteiger partial charge in [-0.2, -0.15) is 0 Å². The van der Waals surface area contributed by atoms with Crippen molar-refractivity contribution in [1.29, 1.82) is 0 Å². The van der Waals surface area contributed by atoms with E-state index < -0.39 is 0 Å². The average molecular weight is 460 g/mol. The molecule has 0 amide bonds. The molecular formula is C25H49NO2S2. The third-order valence-electron chi connectivity index (χ3n) is 4.90. The summed E-state index contributed by atoms with van der Waals surface area (Å²) in [6.45, 7) is 4.90. The summed E-state index contributed by atoms with van der Waals surface area (Å²) < 4.78 is 11.3. The molecular weight excluding hydrogens is 410 g/mol. The molecule has 0 aromatic heterocycles. The highest BCUT2D eigenvalue weighted by Crippen LogP contribution is 2.22. The van der Waals surface area contributed by atoms with Gasteiger partial charge < -0.3 is 14.8 Å². The Morgan fingerprint density at radius 1 is 0.833 bits per heavy atom. The van der Waals surface area contributed by atoms with Gasteiger partial charge in [0, 0.05) is 31.8 Å². The number of nitrogens with one attached hydrogen (secondary N) is 1. The fourth-order valence-corrected chi connectivity index (χ4v) is 5.15. The number of hydrogen-bond acceptors (Lipinski definition) is 5. The lowest BCUT2D eigenvalue weighted by Gasteiger charge is -2.14. The van der Waals surface area contributed by atoms with E-state index in [9.17, 15) is 0 Å². The van der Waals surface area contributed by atoms with Crippen LogP contribution in [0.3, 0.4) is 0 Å². The third kappa shape index (κ3) is 24.3. The first-order valence-corrected chi connectivity index (χ1v) is 14.6. The van der Waals surface area contributed by atoms with Gasteiger partial charge in [-0.05, 0) is 45.6 Å². The highest BCUT2D eigenvalue weighted by molar-refractivity contribution is 8.76. The van der Waals surface area contributed by atoms with E-state index in [2.05, 4.69) is 36.5 Å². The highest BCUT2D eigenvalue weighted by Gasteiger charge is 2.07. The Bertz CT molecular complexity index is 378. The minimum absolute atomic E-state index is 0.210. The van der Waals surface area contributed by atoms with Gasteiger partial charge in [0.15, 0.2) is 0 Å². The van der Waals surface area contributed by atoms with Gasteiger partial charge >= 0.3 is 0 Å². The predicted molar refractivity (Wildman–Crippen MR) is 140 cm³/mol. The van der Waals surface area contributed by atoms with Crippen molar-refractivity contribution in [3.8, 4) is 0 Å². The molecule has 0 aliphatic rings. The van der Waals surface area contributed by atoms with E-state index in [1.54, 1.807) is 7.11 Å². The fraction of sp³-hybridized carbons (Fsp3) is 0.840. The second-order valence-corrected chi connectivity index (χ2v) is 10.4. The lowest BCUT2D eigenvalue weighted by Crippen LogP contribution is -2.21. The zero-order valence-electron chi connectivity index (χ0n) is 20.0. The average Bonchev–Trinajstić information content (AvgIpc) is 2.76. The van der Waals surface area contributed by atoms with E-state index in [0.717, 1.165) is 37.7 Å². The van der Waals surface area contributed by atoms with E-state index >= 15 is 0 Å². The first-order valence-electron chi connectivity index (χ1n) is 12.1. The van der Waals surface area contributed by atoms with Crippen LogP contribution in [0.5, 0.6) is 0 Å². The molecule has 0 heterocycles. The van der Waals surface area contributed by atoms with Gasteiger partial charge in [0.2, 0.25) is 0 Å². The largest absolute Gasteiger partial charge is 0.379 e. The van der Waals surface area contributed by atoms with Crippen LogP contribution in [0, 0.1) is 0 Å². The molecule has 0 aromatic carbocycles. The summed E-state index contributed by atoms with van der Waals surface area (Å²) in [7, 11) is 7.55. The highest BCUT2D eigenvalue weighted by atomic mass is 33.1. The third-order valence-corrected chi connectivity index (χ3v) is 7.35. The number of ether oxygens (including phenoxy) is 2. The molecule has 5 heteroatoms. The number of hydrogen-bond donors (Lipinski definition) is 1.